The molecule has 0 atom stereocenters. The van der Waals surface area contributed by atoms with Gasteiger partial charge in [-0.1, -0.05) is 0 Å². The molecular formula is C22H20BrFN2O5S. The van der Waals surface area contributed by atoms with E-state index in [4.69, 9.17) is 9.47 Å². The maximum atomic E-state index is 13.0. The van der Waals surface area contributed by atoms with Gasteiger partial charge in [0.1, 0.15) is 5.82 Å². The summed E-state index contributed by atoms with van der Waals surface area (Å²) in [5, 5.41) is 2.31. The van der Waals surface area contributed by atoms with E-state index in [0.29, 0.717) is 45.3 Å². The van der Waals surface area contributed by atoms with Gasteiger partial charge in [0.25, 0.3) is 17.1 Å². The second-order valence-electron chi connectivity index (χ2n) is 6.53. The lowest BCUT2D eigenvalue weighted by Gasteiger charge is -2.15. The third-order valence-corrected chi connectivity index (χ3v) is 5.79. The maximum absolute atomic E-state index is 13.0. The Kier molecular flexibility index (Phi) is 7.92. The zero-order valence-electron chi connectivity index (χ0n) is 17.3. The van der Waals surface area contributed by atoms with E-state index >= 15 is 0 Å². The van der Waals surface area contributed by atoms with Gasteiger partial charge in [0, 0.05) is 12.2 Å². The maximum Gasteiger partial charge on any atom is 0.293 e. The minimum Gasteiger partial charge on any atom is -0.490 e. The van der Waals surface area contributed by atoms with Crippen LogP contribution in [0.1, 0.15) is 19.4 Å². The third-order valence-electron chi connectivity index (χ3n) is 4.29. The SMILES string of the molecule is CCOc1cc(/C=C2/SC(=O)N(CC)C2=O)cc(Br)c1OCC(=O)Nc1ccc(F)cc1. The van der Waals surface area contributed by atoms with Crippen molar-refractivity contribution in [3.8, 4) is 11.5 Å². The fraction of sp³-hybridized carbons (Fsp3) is 0.227. The number of rotatable bonds is 8. The van der Waals surface area contributed by atoms with Gasteiger partial charge in [-0.15, -0.1) is 0 Å². The highest BCUT2D eigenvalue weighted by Crippen LogP contribution is 2.39. The van der Waals surface area contributed by atoms with Gasteiger partial charge in [0.05, 0.1) is 16.0 Å². The van der Waals surface area contributed by atoms with Crippen LogP contribution in [0.25, 0.3) is 6.08 Å². The Balaban J connectivity index is 1.76. The Morgan fingerprint density at radius 2 is 1.91 bits per heavy atom. The lowest BCUT2D eigenvalue weighted by molar-refractivity contribution is -0.122. The molecule has 10 heteroatoms. The van der Waals surface area contributed by atoms with Crippen LogP contribution in [0.5, 0.6) is 11.5 Å². The average molecular weight is 523 g/mol. The van der Waals surface area contributed by atoms with Crippen LogP contribution in [-0.4, -0.2) is 41.7 Å². The minimum absolute atomic E-state index is 0.301. The number of likely N-dealkylation sites (N-methyl/N-ethyl adjacent to an activating group) is 1. The highest BCUT2D eigenvalue weighted by Gasteiger charge is 2.33. The first-order valence-corrected chi connectivity index (χ1v) is 11.3. The van der Waals surface area contributed by atoms with E-state index in [1.807, 2.05) is 0 Å². The van der Waals surface area contributed by atoms with Gasteiger partial charge in [-0.3, -0.25) is 19.3 Å². The Morgan fingerprint density at radius 3 is 2.53 bits per heavy atom. The van der Waals surface area contributed by atoms with Crippen molar-refractivity contribution in [1.82, 2.24) is 4.90 Å². The predicted octanol–water partition coefficient (Wildman–Crippen LogP) is 5.06. The van der Waals surface area contributed by atoms with Crippen LogP contribution in [0, 0.1) is 5.82 Å². The van der Waals surface area contributed by atoms with E-state index in [1.54, 1.807) is 32.1 Å². The largest absolute Gasteiger partial charge is 0.490 e. The fourth-order valence-electron chi connectivity index (χ4n) is 2.87. The molecule has 2 aromatic rings. The van der Waals surface area contributed by atoms with Crippen molar-refractivity contribution in [2.75, 3.05) is 25.1 Å². The van der Waals surface area contributed by atoms with E-state index in [0.717, 1.165) is 11.8 Å². The molecular weight excluding hydrogens is 503 g/mol. The van der Waals surface area contributed by atoms with Crippen molar-refractivity contribution in [3.05, 3.63) is 57.2 Å². The van der Waals surface area contributed by atoms with Gasteiger partial charge in [0.2, 0.25) is 0 Å². The molecule has 0 saturated carbocycles. The van der Waals surface area contributed by atoms with Crippen LogP contribution in [0.15, 0.2) is 45.8 Å². The number of thioether (sulfide) groups is 1. The van der Waals surface area contributed by atoms with Crippen LogP contribution < -0.4 is 14.8 Å². The number of benzene rings is 2. The zero-order chi connectivity index (χ0) is 23.3. The molecule has 1 heterocycles. The normalized spacial score (nSPS) is 14.8. The lowest BCUT2D eigenvalue weighted by atomic mass is 10.2. The summed E-state index contributed by atoms with van der Waals surface area (Å²) < 4.78 is 24.8. The molecule has 1 saturated heterocycles. The number of hydrogen-bond acceptors (Lipinski definition) is 6. The third kappa shape index (κ3) is 5.68. The van der Waals surface area contributed by atoms with E-state index < -0.39 is 11.7 Å². The van der Waals surface area contributed by atoms with Gasteiger partial charge >= 0.3 is 0 Å². The van der Waals surface area contributed by atoms with E-state index in [-0.39, 0.29) is 17.8 Å². The molecule has 7 nitrogen and oxygen atoms in total. The van der Waals surface area contributed by atoms with Gasteiger partial charge in [-0.05, 0) is 89.6 Å². The second kappa shape index (κ2) is 10.6. The van der Waals surface area contributed by atoms with Crippen molar-refractivity contribution >= 4 is 56.5 Å². The van der Waals surface area contributed by atoms with E-state index in [2.05, 4.69) is 21.2 Å². The molecule has 1 N–H and O–H groups in total. The highest BCUT2D eigenvalue weighted by atomic mass is 79.9. The van der Waals surface area contributed by atoms with Crippen molar-refractivity contribution in [3.63, 3.8) is 0 Å². The number of ether oxygens (including phenoxy) is 2. The summed E-state index contributed by atoms with van der Waals surface area (Å²) in [4.78, 5) is 38.0. The molecule has 0 spiro atoms. The van der Waals surface area contributed by atoms with Crippen molar-refractivity contribution in [2.24, 2.45) is 0 Å². The van der Waals surface area contributed by atoms with E-state index in [9.17, 15) is 18.8 Å². The summed E-state index contributed by atoms with van der Waals surface area (Å²) in [6.45, 7) is 3.90. The molecule has 0 bridgehead atoms. The summed E-state index contributed by atoms with van der Waals surface area (Å²) in [5.41, 5.74) is 1.07. The summed E-state index contributed by atoms with van der Waals surface area (Å²) in [6.07, 6.45) is 1.61. The predicted molar refractivity (Wildman–Crippen MR) is 124 cm³/mol. The van der Waals surface area contributed by atoms with Crippen molar-refractivity contribution in [1.29, 1.82) is 0 Å². The molecule has 1 aliphatic rings. The fourth-order valence-corrected chi connectivity index (χ4v) is 4.34. The van der Waals surface area contributed by atoms with Gasteiger partial charge in [0.15, 0.2) is 18.1 Å². The molecule has 0 aliphatic carbocycles. The molecule has 3 amide bonds. The van der Waals surface area contributed by atoms with Crippen LogP contribution >= 0.6 is 27.7 Å². The Labute approximate surface area is 197 Å². The number of nitrogens with zero attached hydrogens (tertiary/aromatic N) is 1. The Hall–Kier alpha value is -2.85. The lowest BCUT2D eigenvalue weighted by Crippen LogP contribution is -2.27. The number of amides is 3. The molecule has 168 valence electrons. The van der Waals surface area contributed by atoms with Crippen molar-refractivity contribution in [2.45, 2.75) is 13.8 Å². The summed E-state index contributed by atoms with van der Waals surface area (Å²) in [6, 6.07) is 8.76. The standard InChI is InChI=1S/C22H20BrFN2O5S/c1-3-26-21(28)18(32-22(26)29)11-13-9-16(23)20(17(10-13)30-4-2)31-12-19(27)25-15-7-5-14(24)6-8-15/h5-11H,3-4,12H2,1-2H3,(H,25,27)/b18-11+. The number of carbonyl (C=O) groups is 3. The molecule has 0 radical (unpaired) electrons. The van der Waals surface area contributed by atoms with E-state index in [1.165, 1.54) is 29.2 Å². The summed E-state index contributed by atoms with van der Waals surface area (Å²) >= 11 is 4.30. The number of carbonyl (C=O) groups excluding carboxylic acids is 3. The van der Waals surface area contributed by atoms with Gasteiger partial charge in [-0.25, -0.2) is 4.39 Å². The Morgan fingerprint density at radius 1 is 1.19 bits per heavy atom. The van der Waals surface area contributed by atoms with Gasteiger partial charge in [-0.2, -0.15) is 0 Å². The molecule has 1 fully saturated rings. The summed E-state index contributed by atoms with van der Waals surface area (Å²) in [5.74, 6) is -0.473. The molecule has 0 aromatic heterocycles. The van der Waals surface area contributed by atoms with Crippen LogP contribution in [0.3, 0.4) is 0 Å². The van der Waals surface area contributed by atoms with Crippen LogP contribution in [0.2, 0.25) is 0 Å². The first kappa shape index (κ1) is 23.8. The smallest absolute Gasteiger partial charge is 0.293 e. The number of nitrogens with one attached hydrogen (secondary N) is 1. The first-order valence-electron chi connectivity index (χ1n) is 9.72. The molecule has 1 aliphatic heterocycles. The highest BCUT2D eigenvalue weighted by molar-refractivity contribution is 9.10. The number of hydrogen-bond donors (Lipinski definition) is 1. The molecule has 3 rings (SSSR count). The molecule has 32 heavy (non-hydrogen) atoms. The topological polar surface area (TPSA) is 84.9 Å². The van der Waals surface area contributed by atoms with Crippen LogP contribution in [0.4, 0.5) is 14.9 Å². The van der Waals surface area contributed by atoms with Gasteiger partial charge < -0.3 is 14.8 Å². The number of halogens is 2. The number of anilines is 1. The summed E-state index contributed by atoms with van der Waals surface area (Å²) in [7, 11) is 0. The first-order chi connectivity index (χ1) is 15.3. The zero-order valence-corrected chi connectivity index (χ0v) is 19.7. The quantitative estimate of drug-likeness (QED) is 0.487. The second-order valence-corrected chi connectivity index (χ2v) is 8.38. The Bertz CT molecular complexity index is 1070. The number of imide groups is 1. The van der Waals surface area contributed by atoms with Crippen molar-refractivity contribution < 1.29 is 28.2 Å². The minimum atomic E-state index is -0.428. The average Bonchev–Trinajstić information content (AvgIpc) is 3.01. The van der Waals surface area contributed by atoms with Crippen LogP contribution in [-0.2, 0) is 9.59 Å². The monoisotopic (exact) mass is 522 g/mol. The molecule has 2 aromatic carbocycles. The molecule has 0 unspecified atom stereocenters.